The molecule has 1 aromatic rings. The van der Waals surface area contributed by atoms with Gasteiger partial charge in [-0.15, -0.1) is 0 Å². The molecule has 5 nitrogen and oxygen atoms in total. The van der Waals surface area contributed by atoms with Crippen LogP contribution in [0, 0.1) is 0 Å². The van der Waals surface area contributed by atoms with E-state index in [-0.39, 0.29) is 17.0 Å². The minimum absolute atomic E-state index is 0.222. The van der Waals surface area contributed by atoms with Crippen molar-refractivity contribution in [1.82, 2.24) is 15.1 Å². The van der Waals surface area contributed by atoms with Gasteiger partial charge in [0.15, 0.2) is 9.84 Å². The predicted molar refractivity (Wildman–Crippen MR) is 78.5 cm³/mol. The summed E-state index contributed by atoms with van der Waals surface area (Å²) in [5.41, 5.74) is 2.14. The van der Waals surface area contributed by atoms with Crippen LogP contribution in [0.4, 0.5) is 0 Å². The van der Waals surface area contributed by atoms with Crippen LogP contribution in [0.5, 0.6) is 0 Å². The molecule has 1 aliphatic heterocycles. The first-order chi connectivity index (χ1) is 9.45. The van der Waals surface area contributed by atoms with E-state index in [9.17, 15) is 8.42 Å². The number of hydrogen-bond acceptors (Lipinski definition) is 4. The van der Waals surface area contributed by atoms with Gasteiger partial charge in [0, 0.05) is 17.3 Å². The maximum absolute atomic E-state index is 11.8. The van der Waals surface area contributed by atoms with Gasteiger partial charge in [0.2, 0.25) is 0 Å². The van der Waals surface area contributed by atoms with Crippen molar-refractivity contribution in [3.63, 3.8) is 0 Å². The molecule has 1 aliphatic carbocycles. The van der Waals surface area contributed by atoms with Gasteiger partial charge in [-0.3, -0.25) is 4.68 Å². The summed E-state index contributed by atoms with van der Waals surface area (Å²) in [6, 6.07) is 0.374. The Kier molecular flexibility index (Phi) is 3.41. The molecule has 1 aromatic heterocycles. The highest BCUT2D eigenvalue weighted by atomic mass is 32.2. The van der Waals surface area contributed by atoms with E-state index in [1.807, 2.05) is 17.8 Å². The van der Waals surface area contributed by atoms with Crippen LogP contribution < -0.4 is 5.32 Å². The normalized spacial score (nSPS) is 32.2. The lowest BCUT2D eigenvalue weighted by atomic mass is 9.91. The van der Waals surface area contributed by atoms with Crippen molar-refractivity contribution in [1.29, 1.82) is 0 Å². The van der Waals surface area contributed by atoms with Crippen LogP contribution in [-0.4, -0.2) is 36.2 Å². The maximum Gasteiger partial charge on any atom is 0.152 e. The van der Waals surface area contributed by atoms with Crippen LogP contribution in [0.3, 0.4) is 0 Å². The summed E-state index contributed by atoms with van der Waals surface area (Å²) in [5.74, 6) is 0.509. The van der Waals surface area contributed by atoms with Crippen LogP contribution in [0.15, 0.2) is 6.20 Å². The van der Waals surface area contributed by atoms with E-state index in [2.05, 4.69) is 17.3 Å². The van der Waals surface area contributed by atoms with Crippen molar-refractivity contribution < 1.29 is 8.42 Å². The third-order valence-corrected chi connectivity index (χ3v) is 6.52. The first-order valence-corrected chi connectivity index (χ1v) is 9.28. The lowest BCUT2D eigenvalue weighted by Gasteiger charge is -2.29. The van der Waals surface area contributed by atoms with E-state index in [4.69, 9.17) is 0 Å². The molecule has 6 heteroatoms. The molecular formula is C14H23N3O2S. The third kappa shape index (κ3) is 2.29. The van der Waals surface area contributed by atoms with Gasteiger partial charge in [0.1, 0.15) is 0 Å². The second kappa shape index (κ2) is 4.84. The summed E-state index contributed by atoms with van der Waals surface area (Å²) in [6.07, 6.45) is 5.90. The van der Waals surface area contributed by atoms with Gasteiger partial charge in [-0.25, -0.2) is 8.42 Å². The Labute approximate surface area is 120 Å². The number of fused-ring (bicyclic) bond motifs is 1. The fourth-order valence-electron chi connectivity index (χ4n) is 3.64. The predicted octanol–water partition coefficient (Wildman–Crippen LogP) is 1.40. The summed E-state index contributed by atoms with van der Waals surface area (Å²) in [5, 5.41) is 8.06. The summed E-state index contributed by atoms with van der Waals surface area (Å²) in [7, 11) is -2.91. The largest absolute Gasteiger partial charge is 0.310 e. The molecule has 1 N–H and O–H groups in total. The minimum Gasteiger partial charge on any atom is -0.310 e. The minimum atomic E-state index is -2.91. The van der Waals surface area contributed by atoms with E-state index in [0.717, 1.165) is 25.8 Å². The van der Waals surface area contributed by atoms with E-state index in [1.54, 1.807) is 0 Å². The fourth-order valence-corrected chi connectivity index (χ4v) is 5.75. The molecule has 1 saturated heterocycles. The first kappa shape index (κ1) is 14.1. The quantitative estimate of drug-likeness (QED) is 0.916. The number of aromatic nitrogens is 2. The van der Waals surface area contributed by atoms with Crippen molar-refractivity contribution in [3.8, 4) is 0 Å². The van der Waals surface area contributed by atoms with Gasteiger partial charge >= 0.3 is 0 Å². The number of sulfone groups is 1. The highest BCUT2D eigenvalue weighted by Crippen LogP contribution is 2.36. The molecule has 0 saturated carbocycles. The molecule has 2 atom stereocenters. The molecule has 2 heterocycles. The molecule has 3 rings (SSSR count). The number of nitrogens with zero attached hydrogens (tertiary/aromatic N) is 2. The highest BCUT2D eigenvalue weighted by molar-refractivity contribution is 7.91. The maximum atomic E-state index is 11.8. The lowest BCUT2D eigenvalue weighted by molar-refractivity contribution is 0.311. The third-order valence-electron chi connectivity index (χ3n) is 4.63. The number of nitrogens with one attached hydrogen (secondary N) is 1. The van der Waals surface area contributed by atoms with E-state index in [1.165, 1.54) is 11.3 Å². The zero-order valence-corrected chi connectivity index (χ0v) is 13.0. The molecule has 0 aromatic carbocycles. The molecule has 0 radical (unpaired) electrons. The number of rotatable bonds is 3. The smallest absolute Gasteiger partial charge is 0.152 e. The Morgan fingerprint density at radius 1 is 1.55 bits per heavy atom. The zero-order valence-electron chi connectivity index (χ0n) is 12.2. The first-order valence-electron chi connectivity index (χ1n) is 7.46. The molecule has 20 heavy (non-hydrogen) atoms. The molecule has 0 bridgehead atoms. The van der Waals surface area contributed by atoms with E-state index < -0.39 is 9.84 Å². The standard InChI is InChI=1S/C14H23N3O2S/c1-3-15-12-5-4-6-13-11(12)9-16-17(13)14(2)7-8-20(18,19)10-14/h9,12,15H,3-8,10H2,1-2H3. The zero-order chi connectivity index (χ0) is 14.4. The molecule has 112 valence electrons. The van der Waals surface area contributed by atoms with Gasteiger partial charge in [-0.05, 0) is 39.2 Å². The molecule has 2 unspecified atom stereocenters. The summed E-state index contributed by atoms with van der Waals surface area (Å²) in [4.78, 5) is 0. The summed E-state index contributed by atoms with van der Waals surface area (Å²) >= 11 is 0. The Balaban J connectivity index is 1.97. The topological polar surface area (TPSA) is 64.0 Å². The van der Waals surface area contributed by atoms with Gasteiger partial charge in [0.05, 0.1) is 23.2 Å². The molecule has 0 amide bonds. The molecular weight excluding hydrogens is 274 g/mol. The fraction of sp³-hybridized carbons (Fsp3) is 0.786. The summed E-state index contributed by atoms with van der Waals surface area (Å²) < 4.78 is 25.7. The van der Waals surface area contributed by atoms with Crippen LogP contribution in [0.2, 0.25) is 0 Å². The Bertz CT molecular complexity index is 608. The van der Waals surface area contributed by atoms with Crippen LogP contribution in [0.1, 0.15) is 50.4 Å². The van der Waals surface area contributed by atoms with Gasteiger partial charge < -0.3 is 5.32 Å². The molecule has 1 fully saturated rings. The van der Waals surface area contributed by atoms with E-state index in [0.29, 0.717) is 12.5 Å². The second-order valence-electron chi connectivity index (χ2n) is 6.30. The molecule has 0 spiro atoms. The average molecular weight is 297 g/mol. The van der Waals surface area contributed by atoms with E-state index >= 15 is 0 Å². The number of hydrogen-bond donors (Lipinski definition) is 1. The Hall–Kier alpha value is -0.880. The van der Waals surface area contributed by atoms with Crippen LogP contribution in [0.25, 0.3) is 0 Å². The highest BCUT2D eigenvalue weighted by Gasteiger charge is 2.42. The van der Waals surface area contributed by atoms with Crippen LogP contribution >= 0.6 is 0 Å². The molecule has 2 aliphatic rings. The van der Waals surface area contributed by atoms with Crippen molar-refractivity contribution in [3.05, 3.63) is 17.5 Å². The second-order valence-corrected chi connectivity index (χ2v) is 8.48. The van der Waals surface area contributed by atoms with Crippen molar-refractivity contribution >= 4 is 9.84 Å². The van der Waals surface area contributed by atoms with Crippen molar-refractivity contribution in [2.45, 2.75) is 51.1 Å². The summed E-state index contributed by atoms with van der Waals surface area (Å²) in [6.45, 7) is 5.09. The monoisotopic (exact) mass is 297 g/mol. The van der Waals surface area contributed by atoms with Gasteiger partial charge in [0.25, 0.3) is 0 Å². The Morgan fingerprint density at radius 2 is 2.35 bits per heavy atom. The Morgan fingerprint density at radius 3 is 3.00 bits per heavy atom. The van der Waals surface area contributed by atoms with Gasteiger partial charge in [-0.1, -0.05) is 6.92 Å². The van der Waals surface area contributed by atoms with Crippen LogP contribution in [-0.2, 0) is 21.8 Å². The van der Waals surface area contributed by atoms with Crippen molar-refractivity contribution in [2.75, 3.05) is 18.1 Å². The van der Waals surface area contributed by atoms with Gasteiger partial charge in [-0.2, -0.15) is 5.10 Å². The average Bonchev–Trinajstić information content (AvgIpc) is 2.93. The van der Waals surface area contributed by atoms with Crippen molar-refractivity contribution in [2.24, 2.45) is 0 Å². The lowest BCUT2D eigenvalue weighted by Crippen LogP contribution is -2.35. The SMILES string of the molecule is CCNC1CCCc2c1cnn2C1(C)CCS(=O)(=O)C1.